The van der Waals surface area contributed by atoms with E-state index in [4.69, 9.17) is 32.4 Å². The minimum Gasteiger partial charge on any atom is -0.504 e. The van der Waals surface area contributed by atoms with Crippen molar-refractivity contribution in [2.24, 2.45) is 17.2 Å². The molecule has 0 unspecified atom stereocenters. The Morgan fingerprint density at radius 3 is 2.40 bits per heavy atom. The van der Waals surface area contributed by atoms with E-state index in [0.717, 1.165) is 23.3 Å². The van der Waals surface area contributed by atoms with E-state index in [2.05, 4.69) is 45.8 Å². The molecule has 3 aromatic carbocycles. The summed E-state index contributed by atoms with van der Waals surface area (Å²) in [7, 11) is 1.30. The number of phenols is 1. The molecule has 0 fully saturated rings. The molecule has 0 saturated heterocycles. The van der Waals surface area contributed by atoms with Gasteiger partial charge < -0.3 is 68.6 Å². The van der Waals surface area contributed by atoms with Gasteiger partial charge in [-0.1, -0.05) is 32.0 Å². The van der Waals surface area contributed by atoms with Crippen molar-refractivity contribution in [1.82, 2.24) is 30.8 Å². The lowest BCUT2D eigenvalue weighted by molar-refractivity contribution is -0.143. The molecular formula is C48H62N10O10. The fraction of sp³-hybridized carbons (Fsp3) is 0.438. The van der Waals surface area contributed by atoms with Gasteiger partial charge in [0.1, 0.15) is 54.0 Å². The van der Waals surface area contributed by atoms with Crippen LogP contribution >= 0.6 is 0 Å². The molecule has 6 rings (SSSR count). The number of carbonyl (C=O) groups is 5. The maximum Gasteiger partial charge on any atom is 0.326 e. The Morgan fingerprint density at radius 1 is 0.971 bits per heavy atom. The Kier molecular flexibility index (Phi) is 15.9. The normalized spacial score (nSPS) is 18.5. The van der Waals surface area contributed by atoms with Crippen molar-refractivity contribution in [3.63, 3.8) is 0 Å². The SMILES string of the molecule is Cc1nc(-c2ccc3c(c2)CCC3(C)C)nc(N)c1C(=O)N[C@@H](CCN)C(=O)N(C)[C@@H]1C(=O)N[C@@H](C)C(=O)N[C@H](C(=O)O)Cc2ccc(OCCCN)c(c2)-c2cc1cc(OC[C@H](O)CN)c2O. The van der Waals surface area contributed by atoms with E-state index in [1.54, 1.807) is 25.1 Å². The van der Waals surface area contributed by atoms with Crippen molar-refractivity contribution in [1.29, 1.82) is 0 Å². The van der Waals surface area contributed by atoms with Gasteiger partial charge in [0.15, 0.2) is 17.3 Å². The molecule has 0 spiro atoms. The first-order chi connectivity index (χ1) is 32.3. The highest BCUT2D eigenvalue weighted by Gasteiger charge is 2.37. The quantitative estimate of drug-likeness (QED) is 0.0709. The summed E-state index contributed by atoms with van der Waals surface area (Å²) >= 11 is 0. The minimum absolute atomic E-state index is 0.0361. The van der Waals surface area contributed by atoms with Gasteiger partial charge in [-0.25, -0.2) is 14.8 Å². The Balaban J connectivity index is 1.42. The summed E-state index contributed by atoms with van der Waals surface area (Å²) in [6.07, 6.45) is 0.894. The third-order valence-electron chi connectivity index (χ3n) is 12.4. The number of nitrogens with zero attached hydrogens (tertiary/aromatic N) is 3. The maximum atomic E-state index is 14.8. The van der Waals surface area contributed by atoms with E-state index >= 15 is 0 Å². The average Bonchev–Trinajstić information content (AvgIpc) is 3.60. The van der Waals surface area contributed by atoms with Crippen LogP contribution in [0.2, 0.25) is 0 Å². The van der Waals surface area contributed by atoms with Gasteiger partial charge in [-0.2, -0.15) is 0 Å². The van der Waals surface area contributed by atoms with E-state index in [-0.39, 0.29) is 89.8 Å². The smallest absolute Gasteiger partial charge is 0.326 e. The van der Waals surface area contributed by atoms with E-state index in [1.165, 1.54) is 37.2 Å². The first-order valence-electron chi connectivity index (χ1n) is 22.5. The number of benzene rings is 3. The molecule has 1 aliphatic carbocycles. The van der Waals surface area contributed by atoms with E-state index in [9.17, 15) is 39.3 Å². The van der Waals surface area contributed by atoms with Gasteiger partial charge in [0.25, 0.3) is 5.91 Å². The average molecular weight is 939 g/mol. The lowest BCUT2D eigenvalue weighted by atomic mass is 9.86. The van der Waals surface area contributed by atoms with Crippen molar-refractivity contribution in [2.75, 3.05) is 45.6 Å². The third kappa shape index (κ3) is 11.1. The number of aliphatic hydroxyl groups is 1. The molecule has 20 heteroatoms. The number of nitrogens with one attached hydrogen (secondary N) is 3. The second kappa shape index (κ2) is 21.4. The summed E-state index contributed by atoms with van der Waals surface area (Å²) in [5.41, 5.74) is 28.0. The molecule has 0 saturated carbocycles. The van der Waals surface area contributed by atoms with Crippen LogP contribution < -0.4 is 48.4 Å². The lowest BCUT2D eigenvalue weighted by Gasteiger charge is -2.33. The molecule has 14 N–H and O–H groups in total. The number of carbonyl (C=O) groups excluding carboxylic acids is 4. The summed E-state index contributed by atoms with van der Waals surface area (Å²) in [4.78, 5) is 79.7. The fourth-order valence-corrected chi connectivity index (χ4v) is 8.52. The summed E-state index contributed by atoms with van der Waals surface area (Å²) in [6.45, 7) is 7.14. The predicted octanol–water partition coefficient (Wildman–Crippen LogP) is 1.33. The number of carboxylic acid groups (broad SMARTS) is 1. The third-order valence-corrected chi connectivity index (χ3v) is 12.4. The van der Waals surface area contributed by atoms with Crippen LogP contribution in [0.1, 0.15) is 84.4 Å². The lowest BCUT2D eigenvalue weighted by Crippen LogP contribution is -2.55. The number of anilines is 1. The fourth-order valence-electron chi connectivity index (χ4n) is 8.52. The summed E-state index contributed by atoms with van der Waals surface area (Å²) in [5, 5.41) is 40.2. The Morgan fingerprint density at radius 2 is 1.72 bits per heavy atom. The van der Waals surface area contributed by atoms with Crippen LogP contribution in [0.3, 0.4) is 0 Å². The number of hydrogen-bond acceptors (Lipinski definition) is 15. The summed E-state index contributed by atoms with van der Waals surface area (Å²) in [5.74, 6) is -4.93. The number of likely N-dealkylation sites (N-methyl/N-ethyl adjacent to an activating group) is 1. The molecule has 0 radical (unpaired) electrons. The number of hydrogen-bond donors (Lipinski definition) is 10. The molecule has 20 nitrogen and oxygen atoms in total. The minimum atomic E-state index is -1.63. The van der Waals surface area contributed by atoms with Gasteiger partial charge in [0.2, 0.25) is 17.7 Å². The zero-order valence-electron chi connectivity index (χ0n) is 38.9. The zero-order valence-corrected chi connectivity index (χ0v) is 38.9. The molecule has 5 atom stereocenters. The molecule has 2 heterocycles. The number of aromatic hydroxyl groups is 1. The molecule has 364 valence electrons. The first kappa shape index (κ1) is 50.5. The van der Waals surface area contributed by atoms with Crippen LogP contribution in [0, 0.1) is 6.92 Å². The number of aryl methyl sites for hydroxylation is 2. The van der Waals surface area contributed by atoms with Crippen molar-refractivity contribution in [2.45, 2.75) is 95.5 Å². The van der Waals surface area contributed by atoms with E-state index in [1.807, 2.05) is 12.1 Å². The monoisotopic (exact) mass is 938 g/mol. The van der Waals surface area contributed by atoms with Crippen LogP contribution in [0.4, 0.5) is 5.82 Å². The number of aliphatic carboxylic acids is 1. The molecule has 4 bridgehead atoms. The second-order valence-corrected chi connectivity index (χ2v) is 17.9. The van der Waals surface area contributed by atoms with Crippen LogP contribution in [-0.4, -0.2) is 124 Å². The summed E-state index contributed by atoms with van der Waals surface area (Å²) in [6, 6.07) is 7.72. The number of nitrogens with two attached hydrogens (primary N) is 4. The molecule has 4 amide bonds. The molecule has 1 aliphatic heterocycles. The number of aromatic nitrogens is 2. The van der Waals surface area contributed by atoms with E-state index in [0.29, 0.717) is 24.4 Å². The van der Waals surface area contributed by atoms with Crippen molar-refractivity contribution >= 4 is 35.4 Å². The molecule has 4 aromatic rings. The maximum absolute atomic E-state index is 14.8. The topological polar surface area (TPSA) is 334 Å². The first-order valence-corrected chi connectivity index (χ1v) is 22.5. The number of amides is 4. The van der Waals surface area contributed by atoms with Crippen molar-refractivity contribution < 1.29 is 48.8 Å². The van der Waals surface area contributed by atoms with Gasteiger partial charge in [-0.05, 0) is 111 Å². The number of aliphatic hydroxyl groups excluding tert-OH is 1. The van der Waals surface area contributed by atoms with Gasteiger partial charge >= 0.3 is 5.97 Å². The van der Waals surface area contributed by atoms with E-state index < -0.39 is 65.6 Å². The highest BCUT2D eigenvalue weighted by atomic mass is 16.5. The highest BCUT2D eigenvalue weighted by molar-refractivity contribution is 6.02. The molecule has 1 aromatic heterocycles. The highest BCUT2D eigenvalue weighted by Crippen LogP contribution is 2.45. The zero-order chi connectivity index (χ0) is 49.6. The molecule has 2 aliphatic rings. The number of ether oxygens (including phenoxy) is 2. The standard InChI is InChI=1S/C48H62N10O10/c1-24-38(41(52)57-42(53-24)28-8-9-33-27(19-28)11-13-48(33,3)4)44(62)55-34(12-15-50)46(64)58(5)39-29-20-32(40(60)37(21-29)68-23-30(59)22-51)31-17-26(7-10-36(31)67-16-6-14-49)18-35(47(65)66)56-43(61)25(2)54-45(39)63/h7-10,17,19-21,25,30,34-35,39,59-60H,6,11-16,18,22-23,49-51H2,1-5H3,(H,54,63)(H,55,62)(H,56,61)(H,65,66)(H2,52,53,57)/t25-,30+,34-,35-,39-/m0/s1. The molecular weight excluding hydrogens is 877 g/mol. The van der Waals surface area contributed by atoms with Crippen LogP contribution in [0.5, 0.6) is 17.2 Å². The Labute approximate surface area is 394 Å². The largest absolute Gasteiger partial charge is 0.504 e. The number of fused-ring (bicyclic) bond motifs is 6. The van der Waals surface area contributed by atoms with Gasteiger partial charge in [0, 0.05) is 36.7 Å². The Hall–Kier alpha value is -6.87. The summed E-state index contributed by atoms with van der Waals surface area (Å²) < 4.78 is 12.0. The Bertz CT molecular complexity index is 2550. The van der Waals surface area contributed by atoms with Crippen molar-refractivity contribution in [3.8, 4) is 39.8 Å². The number of phenolic OH excluding ortho intramolecular Hbond substituents is 1. The number of nitrogen functional groups attached to an aromatic ring is 1. The van der Waals surface area contributed by atoms with Crippen molar-refractivity contribution in [3.05, 3.63) is 82.0 Å². The second-order valence-electron chi connectivity index (χ2n) is 17.9. The van der Waals surface area contributed by atoms with Crippen LogP contribution in [-0.2, 0) is 37.4 Å². The predicted molar refractivity (Wildman–Crippen MR) is 253 cm³/mol. The van der Waals surface area contributed by atoms with Gasteiger partial charge in [-0.15, -0.1) is 0 Å². The molecule has 68 heavy (non-hydrogen) atoms. The van der Waals surface area contributed by atoms with Gasteiger partial charge in [-0.3, -0.25) is 19.2 Å². The van der Waals surface area contributed by atoms with Crippen LogP contribution in [0.15, 0.2) is 48.5 Å². The number of carboxylic acids is 1. The number of rotatable bonds is 16. The van der Waals surface area contributed by atoms with Crippen LogP contribution in [0.25, 0.3) is 22.5 Å². The van der Waals surface area contributed by atoms with Gasteiger partial charge in [0.05, 0.1) is 12.3 Å².